The molecule has 1 fully saturated rings. The maximum atomic E-state index is 12.3. The van der Waals surface area contributed by atoms with Crippen molar-refractivity contribution in [2.45, 2.75) is 37.8 Å². The summed E-state index contributed by atoms with van der Waals surface area (Å²) in [6.07, 6.45) is 4.41. The molecule has 1 aromatic heterocycles. The van der Waals surface area contributed by atoms with Gasteiger partial charge >= 0.3 is 0 Å². The van der Waals surface area contributed by atoms with Crippen LogP contribution in [0.1, 0.15) is 24.8 Å². The standard InChI is InChI=1S/C18H22N6O/c1-23-12-17(21-22-23)14-6-4-13(5-7-14)9-15(20)10-18(25)24-8-2-3-16(24)11-19/h4-7,12,15-16H,2-3,8-10,20H2,1H3/t15-,16-/m0/s1. The van der Waals surface area contributed by atoms with Gasteiger partial charge in [-0.2, -0.15) is 5.26 Å². The summed E-state index contributed by atoms with van der Waals surface area (Å²) in [7, 11) is 1.83. The van der Waals surface area contributed by atoms with Gasteiger partial charge in [0.2, 0.25) is 5.91 Å². The Hall–Kier alpha value is -2.72. The molecule has 1 aliphatic heterocycles. The molecule has 0 saturated carbocycles. The Kier molecular flexibility index (Phi) is 5.10. The van der Waals surface area contributed by atoms with Crippen LogP contribution in [0.15, 0.2) is 30.5 Å². The van der Waals surface area contributed by atoms with Crippen molar-refractivity contribution in [3.63, 3.8) is 0 Å². The summed E-state index contributed by atoms with van der Waals surface area (Å²) in [5.41, 5.74) is 9.05. The lowest BCUT2D eigenvalue weighted by atomic mass is 10.0. The van der Waals surface area contributed by atoms with E-state index in [9.17, 15) is 4.79 Å². The first-order chi connectivity index (χ1) is 12.1. The van der Waals surface area contributed by atoms with E-state index < -0.39 is 0 Å². The number of aryl methyl sites for hydroxylation is 1. The van der Waals surface area contributed by atoms with Gasteiger partial charge in [0, 0.05) is 31.6 Å². The van der Waals surface area contributed by atoms with Crippen molar-refractivity contribution in [1.29, 1.82) is 5.26 Å². The molecule has 2 heterocycles. The normalized spacial score (nSPS) is 18.1. The predicted molar refractivity (Wildman–Crippen MR) is 93.1 cm³/mol. The molecule has 0 bridgehead atoms. The van der Waals surface area contributed by atoms with Gasteiger partial charge in [-0.1, -0.05) is 29.5 Å². The monoisotopic (exact) mass is 338 g/mol. The molecule has 25 heavy (non-hydrogen) atoms. The molecule has 1 amide bonds. The summed E-state index contributed by atoms with van der Waals surface area (Å²) in [6, 6.07) is 9.63. The number of rotatable bonds is 5. The van der Waals surface area contributed by atoms with E-state index in [1.165, 1.54) is 0 Å². The fraction of sp³-hybridized carbons (Fsp3) is 0.444. The lowest BCUT2D eigenvalue weighted by Gasteiger charge is -2.21. The third-order valence-electron chi connectivity index (χ3n) is 4.51. The van der Waals surface area contributed by atoms with Gasteiger partial charge in [-0.3, -0.25) is 9.48 Å². The van der Waals surface area contributed by atoms with Crippen molar-refractivity contribution in [2.24, 2.45) is 12.8 Å². The molecule has 2 N–H and O–H groups in total. The lowest BCUT2D eigenvalue weighted by molar-refractivity contribution is -0.131. The van der Waals surface area contributed by atoms with Crippen LogP contribution in [0.3, 0.4) is 0 Å². The summed E-state index contributed by atoms with van der Waals surface area (Å²) in [5.74, 6) is -0.0206. The number of aromatic nitrogens is 3. The number of hydrogen-bond donors (Lipinski definition) is 1. The van der Waals surface area contributed by atoms with Crippen LogP contribution in [0.5, 0.6) is 0 Å². The van der Waals surface area contributed by atoms with E-state index in [-0.39, 0.29) is 24.4 Å². The van der Waals surface area contributed by atoms with Crippen LogP contribution in [0, 0.1) is 11.3 Å². The number of nitrogens with zero attached hydrogens (tertiary/aromatic N) is 5. The molecule has 3 rings (SSSR count). The average molecular weight is 338 g/mol. The summed E-state index contributed by atoms with van der Waals surface area (Å²) < 4.78 is 1.66. The summed E-state index contributed by atoms with van der Waals surface area (Å²) in [5, 5.41) is 17.1. The Bertz CT molecular complexity index is 776. The van der Waals surface area contributed by atoms with Crippen LogP contribution in [-0.4, -0.2) is 44.4 Å². The zero-order chi connectivity index (χ0) is 17.8. The number of hydrogen-bond acceptors (Lipinski definition) is 5. The topological polar surface area (TPSA) is 101 Å². The summed E-state index contributed by atoms with van der Waals surface area (Å²) in [4.78, 5) is 14.0. The molecule has 1 aliphatic rings. The lowest BCUT2D eigenvalue weighted by Crippen LogP contribution is -2.39. The highest BCUT2D eigenvalue weighted by atomic mass is 16.2. The van der Waals surface area contributed by atoms with Crippen molar-refractivity contribution < 1.29 is 4.79 Å². The molecule has 0 aliphatic carbocycles. The molecule has 7 heteroatoms. The number of benzene rings is 1. The molecule has 0 spiro atoms. The predicted octanol–water partition coefficient (Wildman–Crippen LogP) is 1.26. The maximum absolute atomic E-state index is 12.3. The smallest absolute Gasteiger partial charge is 0.225 e. The van der Waals surface area contributed by atoms with E-state index in [2.05, 4.69) is 16.4 Å². The third-order valence-corrected chi connectivity index (χ3v) is 4.51. The van der Waals surface area contributed by atoms with E-state index in [0.29, 0.717) is 13.0 Å². The molecule has 130 valence electrons. The van der Waals surface area contributed by atoms with E-state index in [0.717, 1.165) is 29.7 Å². The quantitative estimate of drug-likeness (QED) is 0.884. The number of nitriles is 1. The summed E-state index contributed by atoms with van der Waals surface area (Å²) >= 11 is 0. The van der Waals surface area contributed by atoms with Gasteiger partial charge in [-0.05, 0) is 24.8 Å². The molecule has 1 saturated heterocycles. The fourth-order valence-corrected chi connectivity index (χ4v) is 3.21. The molecule has 2 aromatic rings. The second-order valence-corrected chi connectivity index (χ2v) is 6.52. The van der Waals surface area contributed by atoms with Crippen LogP contribution < -0.4 is 5.73 Å². The highest BCUT2D eigenvalue weighted by molar-refractivity contribution is 5.77. The highest BCUT2D eigenvalue weighted by Crippen LogP contribution is 2.20. The molecule has 0 radical (unpaired) electrons. The molecule has 0 unspecified atom stereocenters. The first kappa shape index (κ1) is 17.1. The molecule has 2 atom stereocenters. The molecular weight excluding hydrogens is 316 g/mol. The van der Waals surface area contributed by atoms with Gasteiger partial charge in [0.15, 0.2) is 0 Å². The molecule has 7 nitrogen and oxygen atoms in total. The van der Waals surface area contributed by atoms with E-state index in [4.69, 9.17) is 11.0 Å². The van der Waals surface area contributed by atoms with Crippen molar-refractivity contribution in [3.8, 4) is 17.3 Å². The van der Waals surface area contributed by atoms with Gasteiger partial charge in [0.1, 0.15) is 11.7 Å². The number of likely N-dealkylation sites (tertiary alicyclic amines) is 1. The summed E-state index contributed by atoms with van der Waals surface area (Å²) in [6.45, 7) is 0.663. The zero-order valence-corrected chi connectivity index (χ0v) is 14.3. The van der Waals surface area contributed by atoms with Gasteiger partial charge < -0.3 is 10.6 Å². The minimum absolute atomic E-state index is 0.0206. The average Bonchev–Trinajstić information content (AvgIpc) is 3.24. The van der Waals surface area contributed by atoms with E-state index >= 15 is 0 Å². The first-order valence-corrected chi connectivity index (χ1v) is 8.47. The van der Waals surface area contributed by atoms with Crippen LogP contribution in [0.2, 0.25) is 0 Å². The number of carbonyl (C=O) groups excluding carboxylic acids is 1. The molecule has 1 aromatic carbocycles. The Balaban J connectivity index is 1.57. The van der Waals surface area contributed by atoms with Crippen molar-refractivity contribution in [2.75, 3.05) is 6.54 Å². The van der Waals surface area contributed by atoms with Crippen molar-refractivity contribution >= 4 is 5.91 Å². The number of carbonyl (C=O) groups is 1. The van der Waals surface area contributed by atoms with Gasteiger partial charge in [0.25, 0.3) is 0 Å². The molecular formula is C18H22N6O. The van der Waals surface area contributed by atoms with E-state index in [1.807, 2.05) is 37.5 Å². The van der Waals surface area contributed by atoms with Gasteiger partial charge in [-0.25, -0.2) is 0 Å². The SMILES string of the molecule is Cn1cc(-c2ccc(C[C@H](N)CC(=O)N3CCC[C@H]3C#N)cc2)nn1. The minimum Gasteiger partial charge on any atom is -0.327 e. The number of amides is 1. The maximum Gasteiger partial charge on any atom is 0.225 e. The Morgan fingerprint density at radius 2 is 2.20 bits per heavy atom. The van der Waals surface area contributed by atoms with Gasteiger partial charge in [-0.15, -0.1) is 5.10 Å². The van der Waals surface area contributed by atoms with Crippen molar-refractivity contribution in [1.82, 2.24) is 19.9 Å². The number of nitrogens with two attached hydrogens (primary N) is 1. The van der Waals surface area contributed by atoms with Crippen LogP contribution >= 0.6 is 0 Å². The van der Waals surface area contributed by atoms with Crippen molar-refractivity contribution in [3.05, 3.63) is 36.0 Å². The highest BCUT2D eigenvalue weighted by Gasteiger charge is 2.29. The fourth-order valence-electron chi connectivity index (χ4n) is 3.21. The van der Waals surface area contributed by atoms with Crippen LogP contribution in [-0.2, 0) is 18.3 Å². The van der Waals surface area contributed by atoms with Crippen LogP contribution in [0.25, 0.3) is 11.3 Å². The Morgan fingerprint density at radius 3 is 2.84 bits per heavy atom. The Morgan fingerprint density at radius 1 is 1.44 bits per heavy atom. The zero-order valence-electron chi connectivity index (χ0n) is 14.3. The van der Waals surface area contributed by atoms with Crippen LogP contribution in [0.4, 0.5) is 0 Å². The second kappa shape index (κ2) is 7.45. The second-order valence-electron chi connectivity index (χ2n) is 6.52. The van der Waals surface area contributed by atoms with Gasteiger partial charge in [0.05, 0.1) is 12.3 Å². The Labute approximate surface area is 147 Å². The third kappa shape index (κ3) is 4.03. The largest absolute Gasteiger partial charge is 0.327 e. The minimum atomic E-state index is -0.286. The van der Waals surface area contributed by atoms with E-state index in [1.54, 1.807) is 9.58 Å². The first-order valence-electron chi connectivity index (χ1n) is 8.47.